The molecule has 0 aromatic heterocycles. The quantitative estimate of drug-likeness (QED) is 0.326. The molecule has 1 rings (SSSR count). The summed E-state index contributed by atoms with van der Waals surface area (Å²) in [7, 11) is 0. The van der Waals surface area contributed by atoms with Gasteiger partial charge in [0.15, 0.2) is 0 Å². The zero-order valence-corrected chi connectivity index (χ0v) is 9.09. The second-order valence-corrected chi connectivity index (χ2v) is 5.05. The van der Waals surface area contributed by atoms with E-state index in [0.717, 1.165) is 13.0 Å². The molecule has 1 aliphatic rings. The Morgan fingerprint density at radius 2 is 2.45 bits per heavy atom. The van der Waals surface area contributed by atoms with Crippen LogP contribution in [0, 0.1) is 0 Å². The molecule has 1 fully saturated rings. The van der Waals surface area contributed by atoms with Crippen molar-refractivity contribution in [2.24, 2.45) is 0 Å². The second-order valence-electron chi connectivity index (χ2n) is 2.72. The molecule has 1 atom stereocenters. The Hall–Kier alpha value is 0.160. The summed E-state index contributed by atoms with van der Waals surface area (Å²) in [5.41, 5.74) is 0. The summed E-state index contributed by atoms with van der Waals surface area (Å²) in [6.45, 7) is 3.84. The number of halogens is 1. The molecule has 0 aromatic rings. The Kier molecular flexibility index (Phi) is 3.58. The van der Waals surface area contributed by atoms with Crippen LogP contribution < -0.4 is 26.8 Å². The Bertz CT molecular complexity index is 151. The van der Waals surface area contributed by atoms with Crippen molar-refractivity contribution in [3.05, 3.63) is 0 Å². The average Bonchev–Trinajstić information content (AvgIpc) is 2.34. The predicted molar refractivity (Wildman–Crippen MR) is 39.7 cm³/mol. The van der Waals surface area contributed by atoms with E-state index in [-0.39, 0.29) is 27.4 Å². The molecular formula is C7H14IN2O-. The van der Waals surface area contributed by atoms with Crippen LogP contribution in [0.25, 0.3) is 0 Å². The van der Waals surface area contributed by atoms with Crippen molar-refractivity contribution in [3.8, 4) is 0 Å². The van der Waals surface area contributed by atoms with Gasteiger partial charge in [-0.05, 0) is 0 Å². The fourth-order valence-corrected chi connectivity index (χ4v) is 2.91. The Balaban J connectivity index is 2.24. The van der Waals surface area contributed by atoms with Gasteiger partial charge in [0.2, 0.25) is 0 Å². The van der Waals surface area contributed by atoms with Crippen molar-refractivity contribution in [1.29, 1.82) is 0 Å². The van der Waals surface area contributed by atoms with E-state index >= 15 is 0 Å². The van der Waals surface area contributed by atoms with Crippen molar-refractivity contribution >= 4 is 5.91 Å². The molecule has 3 nitrogen and oxygen atoms in total. The second kappa shape index (κ2) is 4.25. The molecule has 1 heterocycles. The number of hydrogen-bond donors (Lipinski definition) is 1. The maximum atomic E-state index is 10.7. The third kappa shape index (κ3) is 2.94. The van der Waals surface area contributed by atoms with E-state index in [2.05, 4.69) is 13.4 Å². The van der Waals surface area contributed by atoms with Crippen LogP contribution in [0.3, 0.4) is 0 Å². The first-order valence-corrected chi connectivity index (χ1v) is 6.86. The number of alkyl halides is 1. The molecule has 66 valence electrons. The van der Waals surface area contributed by atoms with Crippen LogP contribution in [0.4, 0.5) is 0 Å². The van der Waals surface area contributed by atoms with Gasteiger partial charge in [-0.1, -0.05) is 0 Å². The summed E-state index contributed by atoms with van der Waals surface area (Å²) in [6.07, 6.45) is 1.13. The van der Waals surface area contributed by atoms with E-state index < -0.39 is 0 Å². The zero-order chi connectivity index (χ0) is 8.27. The maximum absolute atomic E-state index is 10.7. The third-order valence-electron chi connectivity index (χ3n) is 1.79. The normalized spacial score (nSPS) is 25.8. The predicted octanol–water partition coefficient (Wildman–Crippen LogP) is -3.17. The van der Waals surface area contributed by atoms with Gasteiger partial charge in [0, 0.05) is 0 Å². The first kappa shape index (κ1) is 9.25. The molecule has 0 aliphatic carbocycles. The average molecular weight is 269 g/mol. The van der Waals surface area contributed by atoms with Gasteiger partial charge in [-0.2, -0.15) is 0 Å². The van der Waals surface area contributed by atoms with E-state index in [1.807, 2.05) is 0 Å². The van der Waals surface area contributed by atoms with Crippen LogP contribution >= 0.6 is 0 Å². The number of nitrogens with zero attached hydrogens (tertiary/aromatic N) is 1. The van der Waals surface area contributed by atoms with Gasteiger partial charge >= 0.3 is 78.0 Å². The first-order valence-electron chi connectivity index (χ1n) is 3.74. The van der Waals surface area contributed by atoms with Crippen LogP contribution in [0.5, 0.6) is 0 Å². The molecule has 11 heavy (non-hydrogen) atoms. The van der Waals surface area contributed by atoms with Gasteiger partial charge in [0.05, 0.1) is 0 Å². The molecule has 0 aromatic carbocycles. The molecule has 0 radical (unpaired) electrons. The van der Waals surface area contributed by atoms with Gasteiger partial charge in [0.1, 0.15) is 0 Å². The van der Waals surface area contributed by atoms with Crippen LogP contribution in [0.1, 0.15) is 13.3 Å². The molecule has 1 unspecified atom stereocenters. The summed E-state index contributed by atoms with van der Waals surface area (Å²) in [6, 6.07) is 0.423. The van der Waals surface area contributed by atoms with Crippen molar-refractivity contribution in [3.63, 3.8) is 0 Å². The van der Waals surface area contributed by atoms with E-state index in [4.69, 9.17) is 0 Å². The Morgan fingerprint density at radius 3 is 2.91 bits per heavy atom. The molecule has 0 spiro atoms. The minimum atomic E-state index is 0.103. The van der Waals surface area contributed by atoms with Gasteiger partial charge in [-0.3, -0.25) is 0 Å². The van der Waals surface area contributed by atoms with Crippen molar-refractivity contribution < 1.29 is 26.3 Å². The van der Waals surface area contributed by atoms with Gasteiger partial charge in [-0.15, -0.1) is 0 Å². The molecule has 1 saturated heterocycles. The van der Waals surface area contributed by atoms with Crippen molar-refractivity contribution in [2.45, 2.75) is 19.4 Å². The van der Waals surface area contributed by atoms with E-state index in [1.165, 1.54) is 6.54 Å². The Labute approximate surface area is 78.1 Å². The number of carbonyl (C=O) groups is 1. The molecule has 1 aliphatic heterocycles. The van der Waals surface area contributed by atoms with Crippen LogP contribution in [-0.4, -0.2) is 33.1 Å². The third-order valence-corrected chi connectivity index (χ3v) is 4.03. The van der Waals surface area contributed by atoms with Crippen molar-refractivity contribution in [2.75, 3.05) is 18.0 Å². The Morgan fingerprint density at radius 1 is 1.73 bits per heavy atom. The first-order chi connectivity index (χ1) is 5.22. The SMILES string of the molecule is C[I-]N1CCC(NC(C)=O)C1. The van der Waals surface area contributed by atoms with E-state index in [9.17, 15) is 4.79 Å². The van der Waals surface area contributed by atoms with E-state index in [0.29, 0.717) is 6.04 Å². The molecule has 0 bridgehead atoms. The standard InChI is InChI=1S/C7H14IN2O/c1-6(11)9-7-3-4-10(5-7)8-2/h7H,3-5H2,1-2H3,(H,9,11)/q-1. The van der Waals surface area contributed by atoms with Crippen LogP contribution in [0.2, 0.25) is 0 Å². The summed E-state index contributed by atoms with van der Waals surface area (Å²) in [5, 5.41) is 2.94. The van der Waals surface area contributed by atoms with Gasteiger partial charge in [0.25, 0.3) is 0 Å². The van der Waals surface area contributed by atoms with Gasteiger partial charge in [-0.25, -0.2) is 0 Å². The number of hydrogen-bond acceptors (Lipinski definition) is 2. The summed E-state index contributed by atoms with van der Waals surface area (Å²) < 4.78 is 2.46. The van der Waals surface area contributed by atoms with Crippen molar-refractivity contribution in [1.82, 2.24) is 8.43 Å². The summed E-state index contributed by atoms with van der Waals surface area (Å²) in [4.78, 5) is 12.9. The number of carbonyl (C=O) groups excluding carboxylic acids is 1. The zero-order valence-electron chi connectivity index (χ0n) is 6.93. The summed E-state index contributed by atoms with van der Waals surface area (Å²) in [5.74, 6) is 0.103. The number of rotatable bonds is 2. The molecule has 0 saturated carbocycles. The fraction of sp³-hybridized carbons (Fsp3) is 0.857. The number of amides is 1. The monoisotopic (exact) mass is 269 g/mol. The molecule has 1 N–H and O–H groups in total. The summed E-state index contributed by atoms with van der Waals surface area (Å²) >= 11 is 0.233. The van der Waals surface area contributed by atoms with Crippen LogP contribution in [0.15, 0.2) is 0 Å². The minimum absolute atomic E-state index is 0.103. The molecular weight excluding hydrogens is 255 g/mol. The fourth-order valence-electron chi connectivity index (χ4n) is 1.28. The number of nitrogens with one attached hydrogen (secondary N) is 1. The topological polar surface area (TPSA) is 32.3 Å². The van der Waals surface area contributed by atoms with Gasteiger partial charge < -0.3 is 0 Å². The van der Waals surface area contributed by atoms with Crippen LogP contribution in [-0.2, 0) is 4.79 Å². The van der Waals surface area contributed by atoms with E-state index in [1.54, 1.807) is 6.92 Å². The molecule has 1 amide bonds. The molecule has 4 heteroatoms.